The van der Waals surface area contributed by atoms with Gasteiger partial charge in [-0.25, -0.2) is 0 Å². The molecule has 0 radical (unpaired) electrons. The lowest BCUT2D eigenvalue weighted by Crippen LogP contribution is -2.30. The molecule has 0 saturated heterocycles. The molecular weight excluding hydrogens is 961 g/mol. The van der Waals surface area contributed by atoms with Gasteiger partial charge in [0.05, 0.1) is 0 Å². The maximum absolute atomic E-state index is 12.9. The van der Waals surface area contributed by atoms with E-state index in [0.717, 1.165) is 135 Å². The topological polar surface area (TPSA) is 78.9 Å². The number of hydrogen-bond acceptors (Lipinski definition) is 6. The molecule has 0 aromatic heterocycles. The van der Waals surface area contributed by atoms with Gasteiger partial charge in [0.25, 0.3) is 0 Å². The maximum atomic E-state index is 12.9. The zero-order valence-electron chi connectivity index (χ0n) is 51.2. The zero-order chi connectivity index (χ0) is 56.4. The number of ether oxygens (including phenoxy) is 3. The molecule has 0 fully saturated rings. The summed E-state index contributed by atoms with van der Waals surface area (Å²) in [5, 5.41) is 0. The summed E-state index contributed by atoms with van der Waals surface area (Å²) in [6, 6.07) is 0. The monoisotopic (exact) mass is 1080 g/mol. The molecule has 0 aliphatic rings. The Bertz CT molecular complexity index is 1570. The van der Waals surface area contributed by atoms with E-state index in [0.29, 0.717) is 19.3 Å². The van der Waals surface area contributed by atoms with Crippen molar-refractivity contribution < 1.29 is 28.6 Å². The summed E-state index contributed by atoms with van der Waals surface area (Å²) in [5.41, 5.74) is 0. The molecule has 1 unspecified atom stereocenters. The first-order valence-corrected chi connectivity index (χ1v) is 32.9. The number of unbranched alkanes of at least 4 members (excludes halogenated alkanes) is 30. The Hall–Kier alpha value is -3.93. The quantitative estimate of drug-likeness (QED) is 0.0261. The van der Waals surface area contributed by atoms with E-state index in [4.69, 9.17) is 14.2 Å². The normalized spacial score (nSPS) is 12.8. The van der Waals surface area contributed by atoms with E-state index in [1.807, 2.05) is 0 Å². The Balaban J connectivity index is 4.28. The van der Waals surface area contributed by atoms with E-state index in [-0.39, 0.29) is 31.1 Å². The first-order valence-electron chi connectivity index (χ1n) is 32.9. The van der Waals surface area contributed by atoms with Gasteiger partial charge in [0.15, 0.2) is 6.10 Å². The molecule has 0 N–H and O–H groups in total. The van der Waals surface area contributed by atoms with Gasteiger partial charge in [-0.2, -0.15) is 0 Å². The molecular formula is C72H122O6. The molecule has 0 aromatic rings. The van der Waals surface area contributed by atoms with Crippen molar-refractivity contribution in [2.45, 2.75) is 316 Å². The summed E-state index contributed by atoms with van der Waals surface area (Å²) in [4.78, 5) is 38.3. The molecule has 0 aliphatic heterocycles. The molecule has 6 heteroatoms. The van der Waals surface area contributed by atoms with Crippen LogP contribution in [-0.2, 0) is 28.6 Å². The van der Waals surface area contributed by atoms with E-state index in [1.54, 1.807) is 0 Å². The number of hydrogen-bond donors (Lipinski definition) is 0. The molecule has 0 bridgehead atoms. The van der Waals surface area contributed by atoms with Gasteiger partial charge in [0.1, 0.15) is 13.2 Å². The largest absolute Gasteiger partial charge is 0.462 e. The van der Waals surface area contributed by atoms with Crippen molar-refractivity contribution in [1.82, 2.24) is 0 Å². The summed E-state index contributed by atoms with van der Waals surface area (Å²) >= 11 is 0. The van der Waals surface area contributed by atoms with Crippen LogP contribution < -0.4 is 0 Å². The summed E-state index contributed by atoms with van der Waals surface area (Å²) in [7, 11) is 0. The van der Waals surface area contributed by atoms with Gasteiger partial charge in [-0.05, 0) is 89.9 Å². The van der Waals surface area contributed by atoms with E-state index < -0.39 is 6.10 Å². The second-order valence-electron chi connectivity index (χ2n) is 21.7. The van der Waals surface area contributed by atoms with E-state index in [9.17, 15) is 14.4 Å². The maximum Gasteiger partial charge on any atom is 0.306 e. The molecule has 0 spiro atoms. The van der Waals surface area contributed by atoms with Crippen LogP contribution in [0.3, 0.4) is 0 Å². The standard InChI is InChI=1S/C72H122O6/c1-4-7-10-13-16-19-22-25-27-28-29-30-31-32-33-34-35-36-37-38-39-40-41-42-43-44-45-48-50-53-56-59-62-65-71(74)77-68-69(67-76-70(73)64-61-58-55-52-49-46-24-21-18-15-12-9-6-3)78-72(75)66-63-60-57-54-51-47-26-23-20-17-14-11-8-5-2/h7,10,16,19,25,27,29-30,32-33,35-36,38-39,41-42,44-45,69H,4-6,8-9,11-15,17-18,20-24,26,28,31,34,37,40,43,46-68H2,1-3H3/b10-7-,19-16-,27-25-,30-29-,33-32-,36-35-,39-38-,42-41-,45-44-. The van der Waals surface area contributed by atoms with Crippen LogP contribution in [0.4, 0.5) is 0 Å². The summed E-state index contributed by atoms with van der Waals surface area (Å²) in [5.74, 6) is -0.889. The highest BCUT2D eigenvalue weighted by Crippen LogP contribution is 2.16. The van der Waals surface area contributed by atoms with Crippen molar-refractivity contribution in [3.05, 3.63) is 109 Å². The van der Waals surface area contributed by atoms with Crippen molar-refractivity contribution in [1.29, 1.82) is 0 Å². The average molecular weight is 1080 g/mol. The van der Waals surface area contributed by atoms with E-state index in [1.165, 1.54) is 135 Å². The summed E-state index contributed by atoms with van der Waals surface area (Å²) < 4.78 is 16.9. The second-order valence-corrected chi connectivity index (χ2v) is 21.7. The lowest BCUT2D eigenvalue weighted by atomic mass is 10.0. The molecule has 446 valence electrons. The zero-order valence-corrected chi connectivity index (χ0v) is 51.2. The Morgan fingerprint density at radius 1 is 0.269 bits per heavy atom. The molecule has 78 heavy (non-hydrogen) atoms. The van der Waals surface area contributed by atoms with Crippen LogP contribution >= 0.6 is 0 Å². The van der Waals surface area contributed by atoms with Crippen molar-refractivity contribution in [2.75, 3.05) is 13.2 Å². The van der Waals surface area contributed by atoms with E-state index >= 15 is 0 Å². The fraction of sp³-hybridized carbons (Fsp3) is 0.708. The molecule has 0 aromatic carbocycles. The third kappa shape index (κ3) is 62.9. The van der Waals surface area contributed by atoms with Gasteiger partial charge >= 0.3 is 17.9 Å². The van der Waals surface area contributed by atoms with Gasteiger partial charge in [-0.1, -0.05) is 310 Å². The van der Waals surface area contributed by atoms with Crippen molar-refractivity contribution >= 4 is 17.9 Å². The fourth-order valence-electron chi connectivity index (χ4n) is 9.14. The highest BCUT2D eigenvalue weighted by molar-refractivity contribution is 5.71. The first kappa shape index (κ1) is 74.1. The van der Waals surface area contributed by atoms with Gasteiger partial charge in [-0.3, -0.25) is 14.4 Å². The minimum absolute atomic E-state index is 0.0799. The van der Waals surface area contributed by atoms with Crippen molar-refractivity contribution in [3.63, 3.8) is 0 Å². The number of carbonyl (C=O) groups excluding carboxylic acids is 3. The van der Waals surface area contributed by atoms with Crippen LogP contribution in [0.25, 0.3) is 0 Å². The lowest BCUT2D eigenvalue weighted by molar-refractivity contribution is -0.167. The Kier molecular flexibility index (Phi) is 62.3. The predicted molar refractivity (Wildman–Crippen MR) is 339 cm³/mol. The summed E-state index contributed by atoms with van der Waals surface area (Å²) in [6.45, 7) is 6.53. The van der Waals surface area contributed by atoms with Crippen LogP contribution in [-0.4, -0.2) is 37.2 Å². The number of allylic oxidation sites excluding steroid dienone is 18. The summed E-state index contributed by atoms with van der Waals surface area (Å²) in [6.07, 6.45) is 89.5. The average Bonchev–Trinajstić information content (AvgIpc) is 3.44. The molecule has 1 atom stereocenters. The fourth-order valence-corrected chi connectivity index (χ4v) is 9.14. The first-order chi connectivity index (χ1) is 38.5. The predicted octanol–water partition coefficient (Wildman–Crippen LogP) is 22.6. The Morgan fingerprint density at radius 2 is 0.500 bits per heavy atom. The van der Waals surface area contributed by atoms with Crippen molar-refractivity contribution in [3.8, 4) is 0 Å². The minimum atomic E-state index is -0.784. The molecule has 6 nitrogen and oxygen atoms in total. The molecule has 0 heterocycles. The van der Waals surface area contributed by atoms with Gasteiger partial charge in [0.2, 0.25) is 0 Å². The SMILES string of the molecule is CC/C=C\C/C=C\C/C=C\C/C=C\C/C=C\C/C=C\C/C=C\C/C=C\C/C=C\CCCCCCCC(=O)OCC(COC(=O)CCCCCCCCCCCCCCC)OC(=O)CCCCCCCCCCCCCCCC. The van der Waals surface area contributed by atoms with Crippen LogP contribution in [0, 0.1) is 0 Å². The van der Waals surface area contributed by atoms with Gasteiger partial charge in [0, 0.05) is 19.3 Å². The highest BCUT2D eigenvalue weighted by Gasteiger charge is 2.19. The van der Waals surface area contributed by atoms with Crippen LogP contribution in [0.5, 0.6) is 0 Å². The van der Waals surface area contributed by atoms with Crippen molar-refractivity contribution in [2.24, 2.45) is 0 Å². The molecule has 0 saturated carbocycles. The van der Waals surface area contributed by atoms with Crippen LogP contribution in [0.15, 0.2) is 109 Å². The Labute approximate surface area is 482 Å². The number of rotatable bonds is 59. The Morgan fingerprint density at radius 3 is 0.782 bits per heavy atom. The third-order valence-corrected chi connectivity index (χ3v) is 14.0. The van der Waals surface area contributed by atoms with Gasteiger partial charge in [-0.15, -0.1) is 0 Å². The number of carbonyl (C=O) groups is 3. The molecule has 0 aliphatic carbocycles. The smallest absolute Gasteiger partial charge is 0.306 e. The van der Waals surface area contributed by atoms with Crippen LogP contribution in [0.1, 0.15) is 310 Å². The molecule has 0 amide bonds. The van der Waals surface area contributed by atoms with Gasteiger partial charge < -0.3 is 14.2 Å². The lowest BCUT2D eigenvalue weighted by Gasteiger charge is -2.18. The van der Waals surface area contributed by atoms with E-state index in [2.05, 4.69) is 130 Å². The van der Waals surface area contributed by atoms with Crippen LogP contribution in [0.2, 0.25) is 0 Å². The number of esters is 3. The minimum Gasteiger partial charge on any atom is -0.462 e. The molecule has 0 rings (SSSR count). The third-order valence-electron chi connectivity index (χ3n) is 14.0. The second kappa shape index (κ2) is 65.6. The highest BCUT2D eigenvalue weighted by atomic mass is 16.6.